The SMILES string of the molecule is CCNC(=NCc1ncnn1C)NCCc1ccccc1OC. The Kier molecular flexibility index (Phi) is 6.40. The Labute approximate surface area is 136 Å². The molecular formula is C16H24N6O. The summed E-state index contributed by atoms with van der Waals surface area (Å²) >= 11 is 0. The van der Waals surface area contributed by atoms with E-state index in [0.29, 0.717) is 6.54 Å². The lowest BCUT2D eigenvalue weighted by Gasteiger charge is -2.12. The fourth-order valence-electron chi connectivity index (χ4n) is 2.18. The quantitative estimate of drug-likeness (QED) is 0.591. The minimum atomic E-state index is 0.487. The zero-order valence-electron chi connectivity index (χ0n) is 13.9. The van der Waals surface area contributed by atoms with E-state index in [1.165, 1.54) is 11.9 Å². The van der Waals surface area contributed by atoms with Crippen molar-refractivity contribution in [2.45, 2.75) is 19.9 Å². The van der Waals surface area contributed by atoms with Gasteiger partial charge in [0.15, 0.2) is 5.96 Å². The fraction of sp³-hybridized carbons (Fsp3) is 0.438. The van der Waals surface area contributed by atoms with Crippen LogP contribution in [-0.4, -0.2) is 40.9 Å². The molecule has 0 spiro atoms. The van der Waals surface area contributed by atoms with Gasteiger partial charge in [-0.1, -0.05) is 18.2 Å². The summed E-state index contributed by atoms with van der Waals surface area (Å²) in [5, 5.41) is 10.6. The lowest BCUT2D eigenvalue weighted by Crippen LogP contribution is -2.38. The fourth-order valence-corrected chi connectivity index (χ4v) is 2.18. The number of hydrogen-bond donors (Lipinski definition) is 2. The molecule has 23 heavy (non-hydrogen) atoms. The molecule has 1 aromatic heterocycles. The van der Waals surface area contributed by atoms with Crippen molar-refractivity contribution in [1.29, 1.82) is 0 Å². The first kappa shape index (κ1) is 16.8. The van der Waals surface area contributed by atoms with Gasteiger partial charge in [0.25, 0.3) is 0 Å². The van der Waals surface area contributed by atoms with Crippen LogP contribution in [0.5, 0.6) is 5.75 Å². The first-order valence-electron chi connectivity index (χ1n) is 7.71. The van der Waals surface area contributed by atoms with Crippen LogP contribution < -0.4 is 15.4 Å². The highest BCUT2D eigenvalue weighted by Gasteiger charge is 2.04. The summed E-state index contributed by atoms with van der Waals surface area (Å²) in [6.45, 7) is 4.10. The number of guanidine groups is 1. The number of aliphatic imine (C=N–C) groups is 1. The van der Waals surface area contributed by atoms with Crippen LogP contribution in [0.3, 0.4) is 0 Å². The Morgan fingerprint density at radius 1 is 1.30 bits per heavy atom. The molecule has 0 aliphatic heterocycles. The van der Waals surface area contributed by atoms with E-state index >= 15 is 0 Å². The van der Waals surface area contributed by atoms with E-state index < -0.39 is 0 Å². The average molecular weight is 316 g/mol. The van der Waals surface area contributed by atoms with Crippen LogP contribution in [0.2, 0.25) is 0 Å². The molecule has 2 N–H and O–H groups in total. The van der Waals surface area contributed by atoms with Gasteiger partial charge >= 0.3 is 0 Å². The number of aromatic nitrogens is 3. The summed E-state index contributed by atoms with van der Waals surface area (Å²) in [6.07, 6.45) is 2.39. The summed E-state index contributed by atoms with van der Waals surface area (Å²) in [5.41, 5.74) is 1.17. The molecule has 2 rings (SSSR count). The van der Waals surface area contributed by atoms with Crippen molar-refractivity contribution in [2.24, 2.45) is 12.0 Å². The third kappa shape index (κ3) is 4.98. The van der Waals surface area contributed by atoms with Gasteiger partial charge in [-0.25, -0.2) is 9.98 Å². The minimum absolute atomic E-state index is 0.487. The molecule has 1 aromatic carbocycles. The second kappa shape index (κ2) is 8.77. The number of hydrogen-bond acceptors (Lipinski definition) is 4. The van der Waals surface area contributed by atoms with E-state index in [1.54, 1.807) is 11.8 Å². The molecule has 0 atom stereocenters. The summed E-state index contributed by atoms with van der Waals surface area (Å²) in [4.78, 5) is 8.70. The van der Waals surface area contributed by atoms with Gasteiger partial charge in [0, 0.05) is 20.1 Å². The second-order valence-corrected chi connectivity index (χ2v) is 4.98. The molecule has 124 valence electrons. The minimum Gasteiger partial charge on any atom is -0.496 e. The number of methoxy groups -OCH3 is 1. The predicted octanol–water partition coefficient (Wildman–Crippen LogP) is 1.12. The summed E-state index contributed by atoms with van der Waals surface area (Å²) in [5.74, 6) is 2.51. The standard InChI is InChI=1S/C16H24N6O/c1-4-17-16(19-11-15-20-12-21-22(15)2)18-10-9-13-7-5-6-8-14(13)23-3/h5-8,12H,4,9-11H2,1-3H3,(H2,17,18,19). The summed E-state index contributed by atoms with van der Waals surface area (Å²) < 4.78 is 7.09. The van der Waals surface area contributed by atoms with Gasteiger partial charge in [-0.2, -0.15) is 5.10 Å². The average Bonchev–Trinajstić information content (AvgIpc) is 2.98. The van der Waals surface area contributed by atoms with E-state index in [1.807, 2.05) is 32.2 Å². The Balaban J connectivity index is 1.90. The molecule has 2 aromatic rings. The van der Waals surface area contributed by atoms with E-state index in [9.17, 15) is 0 Å². The van der Waals surface area contributed by atoms with E-state index in [0.717, 1.165) is 37.0 Å². The molecule has 1 heterocycles. The van der Waals surface area contributed by atoms with Crippen LogP contribution in [0.4, 0.5) is 0 Å². The normalized spacial score (nSPS) is 11.3. The maximum Gasteiger partial charge on any atom is 0.191 e. The highest BCUT2D eigenvalue weighted by molar-refractivity contribution is 5.79. The third-order valence-corrected chi connectivity index (χ3v) is 3.41. The smallest absolute Gasteiger partial charge is 0.191 e. The molecular weight excluding hydrogens is 292 g/mol. The van der Waals surface area contributed by atoms with Crippen LogP contribution in [0, 0.1) is 0 Å². The number of ether oxygens (including phenoxy) is 1. The number of rotatable bonds is 7. The summed E-state index contributed by atoms with van der Waals surface area (Å²) in [6, 6.07) is 8.04. The lowest BCUT2D eigenvalue weighted by molar-refractivity contribution is 0.409. The zero-order chi connectivity index (χ0) is 16.5. The van der Waals surface area contributed by atoms with Crippen molar-refractivity contribution in [2.75, 3.05) is 20.2 Å². The predicted molar refractivity (Wildman–Crippen MR) is 90.5 cm³/mol. The van der Waals surface area contributed by atoms with E-state index in [-0.39, 0.29) is 0 Å². The van der Waals surface area contributed by atoms with Gasteiger partial charge in [-0.15, -0.1) is 0 Å². The Morgan fingerprint density at radius 3 is 2.83 bits per heavy atom. The molecule has 0 saturated heterocycles. The first-order chi connectivity index (χ1) is 11.2. The first-order valence-corrected chi connectivity index (χ1v) is 7.71. The molecule has 0 unspecified atom stereocenters. The molecule has 0 fully saturated rings. The maximum atomic E-state index is 5.37. The number of nitrogens with one attached hydrogen (secondary N) is 2. The number of benzene rings is 1. The van der Waals surface area contributed by atoms with Crippen LogP contribution >= 0.6 is 0 Å². The lowest BCUT2D eigenvalue weighted by atomic mass is 10.1. The topological polar surface area (TPSA) is 76.4 Å². The molecule has 0 aliphatic carbocycles. The molecule has 0 bridgehead atoms. The largest absolute Gasteiger partial charge is 0.496 e. The molecule has 7 nitrogen and oxygen atoms in total. The molecule has 0 amide bonds. The van der Waals surface area contributed by atoms with Crippen LogP contribution in [0.25, 0.3) is 0 Å². The molecule has 0 aliphatic rings. The highest BCUT2D eigenvalue weighted by Crippen LogP contribution is 2.17. The third-order valence-electron chi connectivity index (χ3n) is 3.41. The number of aryl methyl sites for hydroxylation is 1. The highest BCUT2D eigenvalue weighted by atomic mass is 16.5. The van der Waals surface area contributed by atoms with Crippen molar-refractivity contribution in [3.05, 3.63) is 42.0 Å². The maximum absolute atomic E-state index is 5.37. The Morgan fingerprint density at radius 2 is 2.13 bits per heavy atom. The Bertz CT molecular complexity index is 637. The zero-order valence-corrected chi connectivity index (χ0v) is 13.9. The van der Waals surface area contributed by atoms with Crippen LogP contribution in [0.15, 0.2) is 35.6 Å². The van der Waals surface area contributed by atoms with Crippen molar-refractivity contribution in [3.8, 4) is 5.75 Å². The van der Waals surface area contributed by atoms with Gasteiger partial charge in [0.1, 0.15) is 24.4 Å². The van der Waals surface area contributed by atoms with Gasteiger partial charge in [0.2, 0.25) is 0 Å². The Hall–Kier alpha value is -2.57. The molecule has 7 heteroatoms. The molecule has 0 saturated carbocycles. The van der Waals surface area contributed by atoms with Crippen molar-refractivity contribution >= 4 is 5.96 Å². The number of para-hydroxylation sites is 1. The van der Waals surface area contributed by atoms with Gasteiger partial charge in [0.05, 0.1) is 7.11 Å². The van der Waals surface area contributed by atoms with Crippen LogP contribution in [0.1, 0.15) is 18.3 Å². The second-order valence-electron chi connectivity index (χ2n) is 4.98. The number of nitrogens with zero attached hydrogens (tertiary/aromatic N) is 4. The van der Waals surface area contributed by atoms with Crippen LogP contribution in [-0.2, 0) is 20.0 Å². The monoisotopic (exact) mass is 316 g/mol. The van der Waals surface area contributed by atoms with Crippen molar-refractivity contribution in [3.63, 3.8) is 0 Å². The van der Waals surface area contributed by atoms with Gasteiger partial charge in [-0.05, 0) is 25.0 Å². The molecule has 0 radical (unpaired) electrons. The van der Waals surface area contributed by atoms with E-state index in [4.69, 9.17) is 4.74 Å². The van der Waals surface area contributed by atoms with Crippen molar-refractivity contribution < 1.29 is 4.74 Å². The summed E-state index contributed by atoms with van der Waals surface area (Å²) in [7, 11) is 3.55. The van der Waals surface area contributed by atoms with Gasteiger partial charge < -0.3 is 15.4 Å². The van der Waals surface area contributed by atoms with Crippen molar-refractivity contribution in [1.82, 2.24) is 25.4 Å². The van der Waals surface area contributed by atoms with Gasteiger partial charge in [-0.3, -0.25) is 4.68 Å². The van der Waals surface area contributed by atoms with E-state index in [2.05, 4.69) is 31.8 Å².